The second kappa shape index (κ2) is 7.10. The molecule has 1 fully saturated rings. The summed E-state index contributed by atoms with van der Waals surface area (Å²) in [4.78, 5) is 17.7. The van der Waals surface area contributed by atoms with E-state index in [-0.39, 0.29) is 12.0 Å². The summed E-state index contributed by atoms with van der Waals surface area (Å²) in [6.45, 7) is 5.27. The maximum Gasteiger partial charge on any atom is 0.255 e. The fourth-order valence-corrected chi connectivity index (χ4v) is 3.40. The van der Waals surface area contributed by atoms with E-state index in [2.05, 4.69) is 10.3 Å². The second-order valence-electron chi connectivity index (χ2n) is 5.37. The zero-order valence-corrected chi connectivity index (χ0v) is 14.1. The molecule has 122 valence electrons. The van der Waals surface area contributed by atoms with Gasteiger partial charge in [0.15, 0.2) is 5.13 Å². The lowest BCUT2D eigenvalue weighted by Crippen LogP contribution is -2.26. The molecular weight excluding hydrogens is 312 g/mol. The van der Waals surface area contributed by atoms with Crippen LogP contribution < -0.4 is 10.1 Å². The third-order valence-corrected chi connectivity index (χ3v) is 4.57. The Bertz CT molecular complexity index is 676. The van der Waals surface area contributed by atoms with Gasteiger partial charge in [-0.3, -0.25) is 10.1 Å². The summed E-state index contributed by atoms with van der Waals surface area (Å²) in [5.74, 6) is 0.741. The molecule has 1 aromatic heterocycles. The Kier molecular flexibility index (Phi) is 4.93. The van der Waals surface area contributed by atoms with Crippen LogP contribution in [0.25, 0.3) is 11.3 Å². The summed E-state index contributed by atoms with van der Waals surface area (Å²) in [6, 6.07) is 7.84. The molecule has 0 spiro atoms. The fourth-order valence-electron chi connectivity index (χ4n) is 2.56. The van der Waals surface area contributed by atoms with Gasteiger partial charge >= 0.3 is 0 Å². The molecule has 1 amide bonds. The molecule has 1 aromatic carbocycles. The van der Waals surface area contributed by atoms with Gasteiger partial charge < -0.3 is 9.47 Å². The highest BCUT2D eigenvalue weighted by Gasteiger charge is 2.24. The standard InChI is InChI=1S/C17H20N2O3S/c1-3-21-13-8-6-12(7-9-13)15-11(2)23-17(18-15)19-16(20)14-5-4-10-22-14/h6-9,14H,3-5,10H2,1-2H3,(H,18,19,20)/t14-/m1/s1. The van der Waals surface area contributed by atoms with Crippen molar-refractivity contribution >= 4 is 22.4 Å². The molecule has 23 heavy (non-hydrogen) atoms. The molecule has 1 saturated heterocycles. The quantitative estimate of drug-likeness (QED) is 0.908. The minimum atomic E-state index is -0.340. The number of carbonyl (C=O) groups is 1. The molecule has 0 bridgehead atoms. The number of ether oxygens (including phenoxy) is 2. The molecule has 1 aliphatic heterocycles. The maximum atomic E-state index is 12.1. The molecule has 3 rings (SSSR count). The number of nitrogens with zero attached hydrogens (tertiary/aromatic N) is 1. The number of rotatable bonds is 5. The predicted molar refractivity (Wildman–Crippen MR) is 91.1 cm³/mol. The number of nitrogens with one attached hydrogen (secondary N) is 1. The van der Waals surface area contributed by atoms with Gasteiger partial charge in [0.2, 0.25) is 0 Å². The first-order chi connectivity index (χ1) is 11.2. The van der Waals surface area contributed by atoms with E-state index in [1.54, 1.807) is 0 Å². The molecule has 1 N–H and O–H groups in total. The smallest absolute Gasteiger partial charge is 0.255 e. The summed E-state index contributed by atoms with van der Waals surface area (Å²) >= 11 is 1.48. The molecule has 2 aromatic rings. The van der Waals surface area contributed by atoms with Crippen LogP contribution in [-0.2, 0) is 9.53 Å². The second-order valence-corrected chi connectivity index (χ2v) is 6.58. The lowest BCUT2D eigenvalue weighted by atomic mass is 10.1. The van der Waals surface area contributed by atoms with Gasteiger partial charge in [-0.15, -0.1) is 11.3 Å². The minimum absolute atomic E-state index is 0.102. The maximum absolute atomic E-state index is 12.1. The Hall–Kier alpha value is -1.92. The van der Waals surface area contributed by atoms with Gasteiger partial charge in [0.1, 0.15) is 11.9 Å². The van der Waals surface area contributed by atoms with Crippen molar-refractivity contribution in [1.29, 1.82) is 0 Å². The Balaban J connectivity index is 1.73. The Morgan fingerprint density at radius 1 is 1.43 bits per heavy atom. The molecule has 6 heteroatoms. The molecule has 1 aliphatic rings. The zero-order chi connectivity index (χ0) is 16.2. The highest BCUT2D eigenvalue weighted by Crippen LogP contribution is 2.31. The summed E-state index contributed by atoms with van der Waals surface area (Å²) in [5, 5.41) is 3.48. The Morgan fingerprint density at radius 2 is 2.22 bits per heavy atom. The van der Waals surface area contributed by atoms with E-state index in [1.807, 2.05) is 38.1 Å². The SMILES string of the molecule is CCOc1ccc(-c2nc(NC(=O)[C@H]3CCCO3)sc2C)cc1. The molecule has 0 saturated carbocycles. The van der Waals surface area contributed by atoms with E-state index >= 15 is 0 Å². The summed E-state index contributed by atoms with van der Waals surface area (Å²) in [6.07, 6.45) is 1.38. The lowest BCUT2D eigenvalue weighted by molar-refractivity contribution is -0.124. The normalized spacial score (nSPS) is 17.2. The average molecular weight is 332 g/mol. The van der Waals surface area contributed by atoms with Gasteiger partial charge in [-0.2, -0.15) is 0 Å². The average Bonchev–Trinajstić information content (AvgIpc) is 3.18. The molecule has 0 aliphatic carbocycles. The van der Waals surface area contributed by atoms with Crippen molar-refractivity contribution in [3.8, 4) is 17.0 Å². The number of carbonyl (C=O) groups excluding carboxylic acids is 1. The first-order valence-corrected chi connectivity index (χ1v) is 8.62. The summed E-state index contributed by atoms with van der Waals surface area (Å²) < 4.78 is 10.8. The van der Waals surface area contributed by atoms with Crippen LogP contribution in [-0.4, -0.2) is 30.2 Å². The van der Waals surface area contributed by atoms with E-state index in [1.165, 1.54) is 11.3 Å². The minimum Gasteiger partial charge on any atom is -0.494 e. The van der Waals surface area contributed by atoms with Gasteiger partial charge in [-0.05, 0) is 51.0 Å². The van der Waals surface area contributed by atoms with Crippen LogP contribution in [0.3, 0.4) is 0 Å². The highest BCUT2D eigenvalue weighted by atomic mass is 32.1. The van der Waals surface area contributed by atoms with E-state index in [4.69, 9.17) is 9.47 Å². The molecule has 0 radical (unpaired) electrons. The van der Waals surface area contributed by atoms with Gasteiger partial charge in [0, 0.05) is 17.0 Å². The van der Waals surface area contributed by atoms with Crippen molar-refractivity contribution in [3.05, 3.63) is 29.1 Å². The van der Waals surface area contributed by atoms with E-state index in [0.29, 0.717) is 18.3 Å². The Morgan fingerprint density at radius 3 is 2.87 bits per heavy atom. The Labute approximate surface area is 139 Å². The predicted octanol–water partition coefficient (Wildman–Crippen LogP) is 3.63. The van der Waals surface area contributed by atoms with E-state index in [9.17, 15) is 4.79 Å². The number of amides is 1. The highest BCUT2D eigenvalue weighted by molar-refractivity contribution is 7.16. The number of hydrogen-bond donors (Lipinski definition) is 1. The van der Waals surface area contributed by atoms with Gasteiger partial charge in [-0.1, -0.05) is 0 Å². The number of thiazole rings is 1. The van der Waals surface area contributed by atoms with Crippen molar-refractivity contribution in [2.75, 3.05) is 18.5 Å². The van der Waals surface area contributed by atoms with Crippen molar-refractivity contribution in [2.24, 2.45) is 0 Å². The van der Waals surface area contributed by atoms with Crippen LogP contribution in [0.1, 0.15) is 24.6 Å². The zero-order valence-electron chi connectivity index (χ0n) is 13.3. The third-order valence-electron chi connectivity index (χ3n) is 3.69. The van der Waals surface area contributed by atoms with Gasteiger partial charge in [0.25, 0.3) is 5.91 Å². The van der Waals surface area contributed by atoms with Crippen LogP contribution in [0.15, 0.2) is 24.3 Å². The van der Waals surface area contributed by atoms with Crippen molar-refractivity contribution in [1.82, 2.24) is 4.98 Å². The molecule has 0 unspecified atom stereocenters. The number of aromatic nitrogens is 1. The van der Waals surface area contributed by atoms with Gasteiger partial charge in [-0.25, -0.2) is 4.98 Å². The summed E-state index contributed by atoms with van der Waals surface area (Å²) in [5.41, 5.74) is 1.90. The van der Waals surface area contributed by atoms with Crippen LogP contribution in [0.4, 0.5) is 5.13 Å². The van der Waals surface area contributed by atoms with Crippen molar-refractivity contribution in [3.63, 3.8) is 0 Å². The van der Waals surface area contributed by atoms with E-state index in [0.717, 1.165) is 34.7 Å². The van der Waals surface area contributed by atoms with Crippen LogP contribution in [0.2, 0.25) is 0 Å². The van der Waals surface area contributed by atoms with Crippen LogP contribution in [0.5, 0.6) is 5.75 Å². The summed E-state index contributed by atoms with van der Waals surface area (Å²) in [7, 11) is 0. The van der Waals surface area contributed by atoms with Crippen LogP contribution in [0, 0.1) is 6.92 Å². The third kappa shape index (κ3) is 3.71. The van der Waals surface area contributed by atoms with Crippen molar-refractivity contribution < 1.29 is 14.3 Å². The van der Waals surface area contributed by atoms with Gasteiger partial charge in [0.05, 0.1) is 12.3 Å². The van der Waals surface area contributed by atoms with Crippen molar-refractivity contribution in [2.45, 2.75) is 32.8 Å². The number of benzene rings is 1. The number of anilines is 1. The molecular formula is C17H20N2O3S. The molecule has 1 atom stereocenters. The first-order valence-electron chi connectivity index (χ1n) is 7.80. The van der Waals surface area contributed by atoms with Crippen LogP contribution >= 0.6 is 11.3 Å². The number of aryl methyl sites for hydroxylation is 1. The fraction of sp³-hybridized carbons (Fsp3) is 0.412. The topological polar surface area (TPSA) is 60.5 Å². The number of hydrogen-bond acceptors (Lipinski definition) is 5. The van der Waals surface area contributed by atoms with E-state index < -0.39 is 0 Å². The molecule has 2 heterocycles. The molecule has 5 nitrogen and oxygen atoms in total. The largest absolute Gasteiger partial charge is 0.494 e. The monoisotopic (exact) mass is 332 g/mol. The first kappa shape index (κ1) is 16.0. The lowest BCUT2D eigenvalue weighted by Gasteiger charge is -2.07.